The fraction of sp³-hybridized carbons (Fsp3) is 0.167. The highest BCUT2D eigenvalue weighted by atomic mass is 35.5. The van der Waals surface area contributed by atoms with E-state index in [9.17, 15) is 9.59 Å². The molecule has 0 aromatic heterocycles. The van der Waals surface area contributed by atoms with Crippen LogP contribution in [0.15, 0.2) is 30.2 Å². The number of carbonyl (C=O) groups excluding carboxylic acids is 1. The summed E-state index contributed by atoms with van der Waals surface area (Å²) < 4.78 is 10.1. The first-order chi connectivity index (χ1) is 9.08. The molecule has 0 atom stereocenters. The van der Waals surface area contributed by atoms with Crippen molar-refractivity contribution >= 4 is 29.2 Å². The van der Waals surface area contributed by atoms with Gasteiger partial charge in [-0.1, -0.05) is 11.6 Å². The lowest BCUT2D eigenvalue weighted by molar-refractivity contribution is -0.117. The standard InChI is InChI=1S/C12H10ClNO5/c13-8-2-1-7(12(16)17)5-9(8)14-11(15)10-6-18-3-4-19-10/h1-2,5-6H,3-4H2,(H,14,15)(H,16,17). The normalized spacial score (nSPS) is 13.8. The van der Waals surface area contributed by atoms with Crippen molar-refractivity contribution in [3.8, 4) is 0 Å². The van der Waals surface area contributed by atoms with Crippen LogP contribution in [-0.2, 0) is 14.3 Å². The summed E-state index contributed by atoms with van der Waals surface area (Å²) in [6.07, 6.45) is 1.20. The summed E-state index contributed by atoms with van der Waals surface area (Å²) in [4.78, 5) is 22.7. The first-order valence-electron chi connectivity index (χ1n) is 5.36. The third-order valence-corrected chi connectivity index (χ3v) is 2.66. The van der Waals surface area contributed by atoms with Crippen molar-refractivity contribution in [2.45, 2.75) is 0 Å². The van der Waals surface area contributed by atoms with E-state index in [4.69, 9.17) is 26.2 Å². The van der Waals surface area contributed by atoms with Crippen molar-refractivity contribution in [2.75, 3.05) is 18.5 Å². The van der Waals surface area contributed by atoms with E-state index in [1.165, 1.54) is 24.5 Å². The number of hydrogen-bond acceptors (Lipinski definition) is 4. The Labute approximate surface area is 113 Å². The number of amides is 1. The molecule has 0 radical (unpaired) electrons. The van der Waals surface area contributed by atoms with Crippen molar-refractivity contribution in [1.82, 2.24) is 0 Å². The molecule has 0 bridgehead atoms. The Hall–Kier alpha value is -2.21. The fourth-order valence-electron chi connectivity index (χ4n) is 1.43. The maximum Gasteiger partial charge on any atom is 0.335 e. The van der Waals surface area contributed by atoms with E-state index in [0.29, 0.717) is 6.61 Å². The zero-order valence-corrected chi connectivity index (χ0v) is 10.4. The lowest BCUT2D eigenvalue weighted by atomic mass is 10.2. The van der Waals surface area contributed by atoms with Gasteiger partial charge in [-0.3, -0.25) is 4.79 Å². The number of rotatable bonds is 3. The van der Waals surface area contributed by atoms with E-state index in [0.717, 1.165) is 0 Å². The Morgan fingerprint density at radius 1 is 1.32 bits per heavy atom. The van der Waals surface area contributed by atoms with Crippen molar-refractivity contribution in [2.24, 2.45) is 0 Å². The van der Waals surface area contributed by atoms with Gasteiger partial charge in [0.25, 0.3) is 5.91 Å². The van der Waals surface area contributed by atoms with Crippen LogP contribution in [0.5, 0.6) is 0 Å². The van der Waals surface area contributed by atoms with Gasteiger partial charge in [0.15, 0.2) is 0 Å². The van der Waals surface area contributed by atoms with Gasteiger partial charge in [0.2, 0.25) is 5.76 Å². The number of benzene rings is 1. The Morgan fingerprint density at radius 3 is 2.74 bits per heavy atom. The minimum absolute atomic E-state index is 0.0167. The summed E-state index contributed by atoms with van der Waals surface area (Å²) in [7, 11) is 0. The smallest absolute Gasteiger partial charge is 0.335 e. The average molecular weight is 284 g/mol. The number of carbonyl (C=O) groups is 2. The van der Waals surface area contributed by atoms with E-state index in [-0.39, 0.29) is 28.6 Å². The zero-order chi connectivity index (χ0) is 13.8. The van der Waals surface area contributed by atoms with E-state index >= 15 is 0 Å². The largest absolute Gasteiger partial charge is 0.494 e. The zero-order valence-electron chi connectivity index (χ0n) is 9.68. The van der Waals surface area contributed by atoms with Crippen LogP contribution in [-0.4, -0.2) is 30.2 Å². The molecule has 0 saturated carbocycles. The molecule has 0 spiro atoms. The van der Waals surface area contributed by atoms with Crippen LogP contribution in [0.4, 0.5) is 5.69 Å². The van der Waals surface area contributed by atoms with Gasteiger partial charge in [0, 0.05) is 0 Å². The van der Waals surface area contributed by atoms with Crippen molar-refractivity contribution in [3.63, 3.8) is 0 Å². The van der Waals surface area contributed by atoms with E-state index in [1.807, 2.05) is 0 Å². The van der Waals surface area contributed by atoms with E-state index in [2.05, 4.69) is 5.32 Å². The molecular weight excluding hydrogens is 274 g/mol. The SMILES string of the molecule is O=C(Nc1cc(C(=O)O)ccc1Cl)C1=COCCO1. The second-order valence-corrected chi connectivity index (χ2v) is 4.06. The average Bonchev–Trinajstić information content (AvgIpc) is 2.42. The molecule has 7 heteroatoms. The molecular formula is C12H10ClNO5. The first kappa shape index (κ1) is 13.2. The third kappa shape index (κ3) is 3.17. The molecule has 2 rings (SSSR count). The van der Waals surface area contributed by atoms with Crippen LogP contribution in [0.3, 0.4) is 0 Å². The topological polar surface area (TPSA) is 84.9 Å². The van der Waals surface area contributed by atoms with Crippen LogP contribution in [0, 0.1) is 0 Å². The molecule has 1 aliphatic heterocycles. The molecule has 1 aromatic carbocycles. The molecule has 2 N–H and O–H groups in total. The molecule has 6 nitrogen and oxygen atoms in total. The number of halogens is 1. The van der Waals surface area contributed by atoms with Crippen molar-refractivity contribution < 1.29 is 24.2 Å². The quantitative estimate of drug-likeness (QED) is 0.884. The summed E-state index contributed by atoms with van der Waals surface area (Å²) in [5.74, 6) is -1.64. The number of carboxylic acids is 1. The number of carboxylic acid groups (broad SMARTS) is 1. The highest BCUT2D eigenvalue weighted by Gasteiger charge is 2.17. The van der Waals surface area contributed by atoms with Gasteiger partial charge in [-0.15, -0.1) is 0 Å². The van der Waals surface area contributed by atoms with Gasteiger partial charge in [-0.05, 0) is 18.2 Å². The lowest BCUT2D eigenvalue weighted by Crippen LogP contribution is -2.21. The number of ether oxygens (including phenoxy) is 2. The highest BCUT2D eigenvalue weighted by molar-refractivity contribution is 6.34. The first-order valence-corrected chi connectivity index (χ1v) is 5.74. The number of hydrogen-bond donors (Lipinski definition) is 2. The monoisotopic (exact) mass is 283 g/mol. The molecule has 0 unspecified atom stereocenters. The van der Waals surface area contributed by atoms with Crippen molar-refractivity contribution in [1.29, 1.82) is 0 Å². The Morgan fingerprint density at radius 2 is 2.11 bits per heavy atom. The molecule has 0 saturated heterocycles. The molecule has 0 aliphatic carbocycles. The van der Waals surface area contributed by atoms with E-state index in [1.54, 1.807) is 0 Å². The molecule has 1 amide bonds. The van der Waals surface area contributed by atoms with Gasteiger partial charge in [-0.2, -0.15) is 0 Å². The number of aromatic carboxylic acids is 1. The van der Waals surface area contributed by atoms with Crippen LogP contribution in [0.25, 0.3) is 0 Å². The summed E-state index contributed by atoms with van der Waals surface area (Å²) >= 11 is 5.88. The van der Waals surface area contributed by atoms with Crippen LogP contribution in [0.1, 0.15) is 10.4 Å². The fourth-order valence-corrected chi connectivity index (χ4v) is 1.59. The number of nitrogens with one attached hydrogen (secondary N) is 1. The summed E-state index contributed by atoms with van der Waals surface area (Å²) in [6, 6.07) is 4.01. The van der Waals surface area contributed by atoms with Gasteiger partial charge < -0.3 is 19.9 Å². The van der Waals surface area contributed by atoms with Crippen molar-refractivity contribution in [3.05, 3.63) is 40.8 Å². The van der Waals surface area contributed by atoms with Crippen LogP contribution >= 0.6 is 11.6 Å². The lowest BCUT2D eigenvalue weighted by Gasteiger charge is -2.15. The Bertz CT molecular complexity index is 555. The molecule has 19 heavy (non-hydrogen) atoms. The van der Waals surface area contributed by atoms with Gasteiger partial charge >= 0.3 is 5.97 Å². The summed E-state index contributed by atoms with van der Waals surface area (Å²) in [5.41, 5.74) is 0.219. The van der Waals surface area contributed by atoms with Gasteiger partial charge in [0.1, 0.15) is 19.5 Å². The Balaban J connectivity index is 2.18. The second-order valence-electron chi connectivity index (χ2n) is 3.66. The minimum atomic E-state index is -1.11. The molecule has 0 fully saturated rings. The van der Waals surface area contributed by atoms with Crippen LogP contribution < -0.4 is 5.32 Å². The Kier molecular flexibility index (Phi) is 3.91. The predicted molar refractivity (Wildman–Crippen MR) is 67.0 cm³/mol. The molecule has 1 aliphatic rings. The van der Waals surface area contributed by atoms with Gasteiger partial charge in [0.05, 0.1) is 16.3 Å². The maximum absolute atomic E-state index is 11.8. The summed E-state index contributed by atoms with van der Waals surface area (Å²) in [6.45, 7) is 0.661. The third-order valence-electron chi connectivity index (χ3n) is 2.33. The second kappa shape index (κ2) is 5.62. The minimum Gasteiger partial charge on any atom is -0.494 e. The number of anilines is 1. The molecule has 100 valence electrons. The maximum atomic E-state index is 11.8. The van der Waals surface area contributed by atoms with Gasteiger partial charge in [-0.25, -0.2) is 4.79 Å². The van der Waals surface area contributed by atoms with Crippen LogP contribution in [0.2, 0.25) is 5.02 Å². The molecule has 1 aromatic rings. The van der Waals surface area contributed by atoms with E-state index < -0.39 is 11.9 Å². The summed E-state index contributed by atoms with van der Waals surface area (Å²) in [5, 5.41) is 11.6. The predicted octanol–water partition coefficient (Wildman–Crippen LogP) is 1.86. The highest BCUT2D eigenvalue weighted by Crippen LogP contribution is 2.24. The molecule has 1 heterocycles.